The first kappa shape index (κ1) is 20.3. The summed E-state index contributed by atoms with van der Waals surface area (Å²) in [5, 5.41) is 3.14. The summed E-state index contributed by atoms with van der Waals surface area (Å²) in [5.74, 6) is 0.809. The molecule has 30 heavy (non-hydrogen) atoms. The Morgan fingerprint density at radius 3 is 2.93 bits per heavy atom. The van der Waals surface area contributed by atoms with Crippen LogP contribution in [0.25, 0.3) is 11.7 Å². The van der Waals surface area contributed by atoms with Crippen molar-refractivity contribution in [1.29, 1.82) is 0 Å². The molecule has 4 heterocycles. The van der Waals surface area contributed by atoms with Gasteiger partial charge in [-0.2, -0.15) is 0 Å². The maximum atomic E-state index is 13.2. The Labute approximate surface area is 181 Å². The molecule has 0 saturated carbocycles. The lowest BCUT2D eigenvalue weighted by atomic mass is 10.2. The molecule has 1 aliphatic heterocycles. The SMILES string of the molecule is COCCN1C(=O)/C(=C/c2c(NCc3ccco3)nc3ccccn3c2=O)SC1=S. The maximum absolute atomic E-state index is 13.2. The zero-order valence-electron chi connectivity index (χ0n) is 16.0. The fourth-order valence-electron chi connectivity index (χ4n) is 2.96. The van der Waals surface area contributed by atoms with Gasteiger partial charge in [0, 0.05) is 13.3 Å². The molecule has 0 unspecified atom stereocenters. The predicted octanol–water partition coefficient (Wildman–Crippen LogP) is 2.75. The number of anilines is 1. The predicted molar refractivity (Wildman–Crippen MR) is 119 cm³/mol. The third-order valence-electron chi connectivity index (χ3n) is 4.45. The molecule has 0 aliphatic carbocycles. The molecule has 0 radical (unpaired) electrons. The van der Waals surface area contributed by atoms with Gasteiger partial charge in [-0.05, 0) is 30.3 Å². The van der Waals surface area contributed by atoms with Crippen LogP contribution in [0, 0.1) is 0 Å². The number of ether oxygens (including phenoxy) is 1. The molecule has 1 fully saturated rings. The Morgan fingerprint density at radius 2 is 2.17 bits per heavy atom. The van der Waals surface area contributed by atoms with Crippen molar-refractivity contribution < 1.29 is 13.9 Å². The summed E-state index contributed by atoms with van der Waals surface area (Å²) < 4.78 is 12.3. The molecule has 1 aliphatic rings. The molecule has 4 rings (SSSR count). The van der Waals surface area contributed by atoms with Crippen molar-refractivity contribution in [2.24, 2.45) is 0 Å². The Bertz CT molecular complexity index is 1190. The normalized spacial score (nSPS) is 15.5. The number of aromatic nitrogens is 2. The van der Waals surface area contributed by atoms with Crippen molar-refractivity contribution in [1.82, 2.24) is 14.3 Å². The number of thiocarbonyl (C=S) groups is 1. The Balaban J connectivity index is 1.75. The van der Waals surface area contributed by atoms with E-state index in [4.69, 9.17) is 21.4 Å². The van der Waals surface area contributed by atoms with E-state index in [1.807, 2.05) is 6.07 Å². The number of carbonyl (C=O) groups is 1. The average Bonchev–Trinajstić information content (AvgIpc) is 3.36. The van der Waals surface area contributed by atoms with E-state index in [1.54, 1.807) is 49.9 Å². The van der Waals surface area contributed by atoms with Crippen molar-refractivity contribution in [3.8, 4) is 0 Å². The van der Waals surface area contributed by atoms with Crippen molar-refractivity contribution >= 4 is 51.7 Å². The average molecular weight is 443 g/mol. The van der Waals surface area contributed by atoms with E-state index in [1.165, 1.54) is 9.30 Å². The smallest absolute Gasteiger partial charge is 0.267 e. The second-order valence-corrected chi connectivity index (χ2v) is 8.04. The summed E-state index contributed by atoms with van der Waals surface area (Å²) in [6, 6.07) is 8.90. The largest absolute Gasteiger partial charge is 0.467 e. The topological polar surface area (TPSA) is 89.1 Å². The van der Waals surface area contributed by atoms with Crippen molar-refractivity contribution in [2.75, 3.05) is 25.6 Å². The first-order chi connectivity index (χ1) is 14.6. The highest BCUT2D eigenvalue weighted by Crippen LogP contribution is 2.32. The number of nitrogens with zero attached hydrogens (tertiary/aromatic N) is 3. The third kappa shape index (κ3) is 4.02. The molecule has 3 aromatic rings. The van der Waals surface area contributed by atoms with E-state index in [2.05, 4.69) is 10.3 Å². The number of thioether (sulfide) groups is 1. The van der Waals surface area contributed by atoms with Gasteiger partial charge in [0.25, 0.3) is 11.5 Å². The Kier molecular flexibility index (Phi) is 5.98. The molecule has 154 valence electrons. The number of hydrogen-bond donors (Lipinski definition) is 1. The molecule has 1 saturated heterocycles. The summed E-state index contributed by atoms with van der Waals surface area (Å²) in [5.41, 5.74) is 0.483. The van der Waals surface area contributed by atoms with E-state index in [-0.39, 0.29) is 17.0 Å². The standard InChI is InChI=1S/C20H18N4O4S2/c1-27-10-8-24-19(26)15(30-20(24)29)11-14-17(21-12-13-5-4-9-28-13)22-16-6-2-3-7-23(16)18(14)25/h2-7,9,11,21H,8,10,12H2,1H3/b15-11-. The summed E-state index contributed by atoms with van der Waals surface area (Å²) in [6.45, 7) is 1.07. The highest BCUT2D eigenvalue weighted by Gasteiger charge is 2.32. The van der Waals surface area contributed by atoms with Crippen molar-refractivity contribution in [2.45, 2.75) is 6.54 Å². The van der Waals surface area contributed by atoms with E-state index in [9.17, 15) is 9.59 Å². The fraction of sp³-hybridized carbons (Fsp3) is 0.200. The molecule has 0 atom stereocenters. The molecule has 1 amide bonds. The first-order valence-electron chi connectivity index (χ1n) is 9.10. The lowest BCUT2D eigenvalue weighted by Gasteiger charge is -2.13. The van der Waals surface area contributed by atoms with Crippen LogP contribution in [0.5, 0.6) is 0 Å². The van der Waals surface area contributed by atoms with Gasteiger partial charge in [-0.15, -0.1) is 0 Å². The van der Waals surface area contributed by atoms with Gasteiger partial charge >= 0.3 is 0 Å². The Hall–Kier alpha value is -2.95. The van der Waals surface area contributed by atoms with Crippen LogP contribution in [0.4, 0.5) is 5.82 Å². The van der Waals surface area contributed by atoms with Gasteiger partial charge in [-0.3, -0.25) is 18.9 Å². The van der Waals surface area contributed by atoms with E-state index in [0.29, 0.717) is 46.1 Å². The molecule has 10 heteroatoms. The summed E-state index contributed by atoms with van der Waals surface area (Å²) >= 11 is 6.47. The summed E-state index contributed by atoms with van der Waals surface area (Å²) in [7, 11) is 1.56. The van der Waals surface area contributed by atoms with Gasteiger partial charge in [0.15, 0.2) is 0 Å². The zero-order valence-corrected chi connectivity index (χ0v) is 17.7. The van der Waals surface area contributed by atoms with Crippen LogP contribution in [0.2, 0.25) is 0 Å². The van der Waals surface area contributed by atoms with Crippen LogP contribution in [-0.2, 0) is 16.1 Å². The minimum atomic E-state index is -0.287. The van der Waals surface area contributed by atoms with Crippen LogP contribution in [-0.4, -0.2) is 44.8 Å². The van der Waals surface area contributed by atoms with Crippen LogP contribution in [0.3, 0.4) is 0 Å². The molecule has 0 spiro atoms. The third-order valence-corrected chi connectivity index (χ3v) is 5.83. The number of carbonyl (C=O) groups excluding carboxylic acids is 1. The van der Waals surface area contributed by atoms with Gasteiger partial charge in [0.05, 0.1) is 36.4 Å². The van der Waals surface area contributed by atoms with Crippen molar-refractivity contribution in [3.63, 3.8) is 0 Å². The Morgan fingerprint density at radius 1 is 1.30 bits per heavy atom. The van der Waals surface area contributed by atoms with Crippen LogP contribution in [0.1, 0.15) is 11.3 Å². The number of rotatable bonds is 7. The summed E-state index contributed by atoms with van der Waals surface area (Å²) in [6.07, 6.45) is 4.76. The van der Waals surface area contributed by atoms with E-state index >= 15 is 0 Å². The minimum absolute atomic E-state index is 0.253. The monoisotopic (exact) mass is 442 g/mol. The highest BCUT2D eigenvalue weighted by molar-refractivity contribution is 8.26. The van der Waals surface area contributed by atoms with Crippen LogP contribution >= 0.6 is 24.0 Å². The number of hydrogen-bond acceptors (Lipinski definition) is 8. The lowest BCUT2D eigenvalue weighted by Crippen LogP contribution is -2.31. The molecule has 1 N–H and O–H groups in total. The van der Waals surface area contributed by atoms with Gasteiger partial charge < -0.3 is 14.5 Å². The number of fused-ring (bicyclic) bond motifs is 1. The van der Waals surface area contributed by atoms with Crippen LogP contribution < -0.4 is 10.9 Å². The minimum Gasteiger partial charge on any atom is -0.467 e. The number of amides is 1. The number of pyridine rings is 1. The molecular weight excluding hydrogens is 424 g/mol. The molecular formula is C20H18N4O4S2. The van der Waals surface area contributed by atoms with Gasteiger partial charge in [0.2, 0.25) is 0 Å². The van der Waals surface area contributed by atoms with Crippen LogP contribution in [0.15, 0.2) is 56.9 Å². The van der Waals surface area contributed by atoms with E-state index in [0.717, 1.165) is 11.8 Å². The first-order valence-corrected chi connectivity index (χ1v) is 10.3. The molecule has 0 aromatic carbocycles. The molecule has 0 bridgehead atoms. The van der Waals surface area contributed by atoms with E-state index < -0.39 is 0 Å². The number of nitrogens with one attached hydrogen (secondary N) is 1. The van der Waals surface area contributed by atoms with Gasteiger partial charge in [-0.1, -0.05) is 30.0 Å². The second-order valence-electron chi connectivity index (χ2n) is 6.37. The highest BCUT2D eigenvalue weighted by atomic mass is 32.2. The second kappa shape index (κ2) is 8.82. The fourth-order valence-corrected chi connectivity index (χ4v) is 4.25. The van der Waals surface area contributed by atoms with Gasteiger partial charge in [0.1, 0.15) is 21.5 Å². The molecule has 3 aromatic heterocycles. The number of methoxy groups -OCH3 is 1. The lowest BCUT2D eigenvalue weighted by molar-refractivity contribution is -0.122. The number of furan rings is 1. The summed E-state index contributed by atoms with van der Waals surface area (Å²) in [4.78, 5) is 32.4. The van der Waals surface area contributed by atoms with Crippen molar-refractivity contribution in [3.05, 3.63) is 69.4 Å². The zero-order chi connectivity index (χ0) is 21.1. The van der Waals surface area contributed by atoms with Gasteiger partial charge in [-0.25, -0.2) is 4.98 Å². The quantitative estimate of drug-likeness (QED) is 0.441. The maximum Gasteiger partial charge on any atom is 0.267 e. The molecule has 8 nitrogen and oxygen atoms in total.